The van der Waals surface area contributed by atoms with Gasteiger partial charge < -0.3 is 9.64 Å². The Kier molecular flexibility index (Phi) is 4.13. The number of carbonyl (C=O) groups excluding carboxylic acids is 1. The molecule has 1 saturated heterocycles. The van der Waals surface area contributed by atoms with E-state index in [0.717, 1.165) is 37.2 Å². The average Bonchev–Trinajstić information content (AvgIpc) is 2.39. The van der Waals surface area contributed by atoms with E-state index < -0.39 is 0 Å². The van der Waals surface area contributed by atoms with E-state index in [9.17, 15) is 4.79 Å². The normalized spacial score (nSPS) is 18.2. The number of nitrogens with zero attached hydrogens (tertiary/aromatic N) is 1. The monoisotopic (exact) mass is 261 g/mol. The van der Waals surface area contributed by atoms with Gasteiger partial charge in [0.1, 0.15) is 5.75 Å². The molecular weight excluding hydrogens is 238 g/mol. The maximum Gasteiger partial charge on any atom is 0.227 e. The first-order valence-electron chi connectivity index (χ1n) is 6.91. The van der Waals surface area contributed by atoms with Crippen LogP contribution in [0.2, 0.25) is 0 Å². The van der Waals surface area contributed by atoms with Crippen molar-refractivity contribution in [1.29, 1.82) is 0 Å². The Morgan fingerprint density at radius 2 is 1.89 bits per heavy atom. The molecule has 0 unspecified atom stereocenters. The molecule has 0 radical (unpaired) electrons. The van der Waals surface area contributed by atoms with Gasteiger partial charge in [0.05, 0.1) is 13.5 Å². The summed E-state index contributed by atoms with van der Waals surface area (Å²) in [5.74, 6) is 1.01. The summed E-state index contributed by atoms with van der Waals surface area (Å²) in [4.78, 5) is 14.3. The van der Waals surface area contributed by atoms with Gasteiger partial charge in [-0.1, -0.05) is 32.0 Å². The molecule has 1 aliphatic rings. The molecule has 0 bridgehead atoms. The van der Waals surface area contributed by atoms with Gasteiger partial charge in [0.15, 0.2) is 0 Å². The summed E-state index contributed by atoms with van der Waals surface area (Å²) < 4.78 is 5.30. The SMILES string of the molecule is COc1ccccc1CC(=O)N1CCC(C)(C)CC1. The molecule has 0 saturated carbocycles. The summed E-state index contributed by atoms with van der Waals surface area (Å²) in [6.07, 6.45) is 2.61. The number of ether oxygens (including phenoxy) is 1. The number of carbonyl (C=O) groups is 1. The molecule has 0 aromatic heterocycles. The average molecular weight is 261 g/mol. The van der Waals surface area contributed by atoms with Gasteiger partial charge in [-0.25, -0.2) is 0 Å². The van der Waals surface area contributed by atoms with Crippen LogP contribution in [0, 0.1) is 5.41 Å². The largest absolute Gasteiger partial charge is 0.496 e. The second-order valence-corrected chi connectivity index (χ2v) is 6.03. The number of piperidine rings is 1. The third-order valence-electron chi connectivity index (χ3n) is 4.00. The number of hydrogen-bond acceptors (Lipinski definition) is 2. The molecule has 3 heteroatoms. The zero-order chi connectivity index (χ0) is 13.9. The first-order valence-corrected chi connectivity index (χ1v) is 6.91. The predicted molar refractivity (Wildman–Crippen MR) is 76.3 cm³/mol. The van der Waals surface area contributed by atoms with Gasteiger partial charge in [-0.15, -0.1) is 0 Å². The number of methoxy groups -OCH3 is 1. The molecule has 1 aromatic rings. The highest BCUT2D eigenvalue weighted by molar-refractivity contribution is 5.79. The quantitative estimate of drug-likeness (QED) is 0.837. The molecule has 104 valence electrons. The summed E-state index contributed by atoms with van der Waals surface area (Å²) in [7, 11) is 1.65. The Morgan fingerprint density at radius 3 is 2.53 bits per heavy atom. The van der Waals surface area contributed by atoms with Crippen LogP contribution in [0.15, 0.2) is 24.3 Å². The van der Waals surface area contributed by atoms with E-state index in [-0.39, 0.29) is 5.91 Å². The summed E-state index contributed by atoms with van der Waals surface area (Å²) in [6, 6.07) is 7.74. The van der Waals surface area contributed by atoms with Crippen LogP contribution in [0.1, 0.15) is 32.3 Å². The number of benzene rings is 1. The van der Waals surface area contributed by atoms with E-state index >= 15 is 0 Å². The molecule has 0 aliphatic carbocycles. The van der Waals surface area contributed by atoms with E-state index in [1.165, 1.54) is 0 Å². The Morgan fingerprint density at radius 1 is 1.26 bits per heavy atom. The number of para-hydroxylation sites is 1. The number of likely N-dealkylation sites (tertiary alicyclic amines) is 1. The molecule has 0 spiro atoms. The van der Waals surface area contributed by atoms with Gasteiger partial charge in [0.2, 0.25) is 5.91 Å². The van der Waals surface area contributed by atoms with Crippen molar-refractivity contribution in [3.8, 4) is 5.75 Å². The van der Waals surface area contributed by atoms with Gasteiger partial charge in [0, 0.05) is 18.7 Å². The molecule has 1 heterocycles. The lowest BCUT2D eigenvalue weighted by Gasteiger charge is -2.37. The van der Waals surface area contributed by atoms with Crippen molar-refractivity contribution in [2.75, 3.05) is 20.2 Å². The van der Waals surface area contributed by atoms with Crippen molar-refractivity contribution < 1.29 is 9.53 Å². The lowest BCUT2D eigenvalue weighted by Crippen LogP contribution is -2.41. The van der Waals surface area contributed by atoms with E-state index in [2.05, 4.69) is 13.8 Å². The summed E-state index contributed by atoms with van der Waals surface area (Å²) >= 11 is 0. The molecule has 1 fully saturated rings. The number of rotatable bonds is 3. The lowest BCUT2D eigenvalue weighted by atomic mass is 9.82. The van der Waals surface area contributed by atoms with Crippen molar-refractivity contribution in [2.45, 2.75) is 33.1 Å². The molecule has 0 atom stereocenters. The van der Waals surface area contributed by atoms with Crippen molar-refractivity contribution in [3.05, 3.63) is 29.8 Å². The van der Waals surface area contributed by atoms with Gasteiger partial charge >= 0.3 is 0 Å². The zero-order valence-electron chi connectivity index (χ0n) is 12.1. The first-order chi connectivity index (χ1) is 9.02. The van der Waals surface area contributed by atoms with Gasteiger partial charge in [0.25, 0.3) is 0 Å². The van der Waals surface area contributed by atoms with Crippen LogP contribution in [-0.4, -0.2) is 31.0 Å². The fourth-order valence-corrected chi connectivity index (χ4v) is 2.49. The third kappa shape index (κ3) is 3.49. The standard InChI is InChI=1S/C16H23NO2/c1-16(2)8-10-17(11-9-16)15(18)12-13-6-4-5-7-14(13)19-3/h4-7H,8-12H2,1-3H3. The molecule has 1 aliphatic heterocycles. The molecule has 1 aromatic carbocycles. The highest BCUT2D eigenvalue weighted by Crippen LogP contribution is 2.30. The second-order valence-electron chi connectivity index (χ2n) is 6.03. The van der Waals surface area contributed by atoms with Gasteiger partial charge in [-0.3, -0.25) is 4.79 Å². The third-order valence-corrected chi connectivity index (χ3v) is 4.00. The predicted octanol–water partition coefficient (Wildman–Crippen LogP) is 2.89. The molecule has 1 amide bonds. The van der Waals surface area contributed by atoms with E-state index in [4.69, 9.17) is 4.74 Å². The molecule has 19 heavy (non-hydrogen) atoms. The summed E-state index contributed by atoms with van der Waals surface area (Å²) in [6.45, 7) is 6.30. The fourth-order valence-electron chi connectivity index (χ4n) is 2.49. The number of amides is 1. The van der Waals surface area contributed by atoms with E-state index in [1.54, 1.807) is 7.11 Å². The Hall–Kier alpha value is -1.51. The Balaban J connectivity index is 1.98. The van der Waals surface area contributed by atoms with Gasteiger partial charge in [-0.2, -0.15) is 0 Å². The Labute approximate surface area is 115 Å². The van der Waals surface area contributed by atoms with Crippen LogP contribution in [0.3, 0.4) is 0 Å². The van der Waals surface area contributed by atoms with Crippen LogP contribution < -0.4 is 4.74 Å². The number of hydrogen-bond donors (Lipinski definition) is 0. The first kappa shape index (κ1) is 13.9. The van der Waals surface area contributed by atoms with Crippen molar-refractivity contribution >= 4 is 5.91 Å². The summed E-state index contributed by atoms with van der Waals surface area (Å²) in [5.41, 5.74) is 1.35. The lowest BCUT2D eigenvalue weighted by molar-refractivity contribution is -0.132. The van der Waals surface area contributed by atoms with Crippen molar-refractivity contribution in [1.82, 2.24) is 4.90 Å². The van der Waals surface area contributed by atoms with Crippen LogP contribution >= 0.6 is 0 Å². The minimum absolute atomic E-state index is 0.208. The highest BCUT2D eigenvalue weighted by atomic mass is 16.5. The molecule has 0 N–H and O–H groups in total. The maximum atomic E-state index is 12.3. The summed E-state index contributed by atoms with van der Waals surface area (Å²) in [5, 5.41) is 0. The smallest absolute Gasteiger partial charge is 0.227 e. The van der Waals surface area contributed by atoms with E-state index in [0.29, 0.717) is 11.8 Å². The van der Waals surface area contributed by atoms with Crippen molar-refractivity contribution in [2.24, 2.45) is 5.41 Å². The minimum atomic E-state index is 0.208. The topological polar surface area (TPSA) is 29.5 Å². The van der Waals surface area contributed by atoms with Crippen molar-refractivity contribution in [3.63, 3.8) is 0 Å². The maximum absolute atomic E-state index is 12.3. The van der Waals surface area contributed by atoms with Crippen LogP contribution in [0.5, 0.6) is 5.75 Å². The van der Waals surface area contributed by atoms with Crippen LogP contribution in [0.25, 0.3) is 0 Å². The van der Waals surface area contributed by atoms with Gasteiger partial charge in [-0.05, 0) is 24.3 Å². The second kappa shape index (κ2) is 5.64. The fraction of sp³-hybridized carbons (Fsp3) is 0.562. The van der Waals surface area contributed by atoms with E-state index in [1.807, 2.05) is 29.2 Å². The van der Waals surface area contributed by atoms with Crippen LogP contribution in [-0.2, 0) is 11.2 Å². The molecule has 3 nitrogen and oxygen atoms in total. The Bertz CT molecular complexity index is 444. The highest BCUT2D eigenvalue weighted by Gasteiger charge is 2.27. The van der Waals surface area contributed by atoms with Crippen LogP contribution in [0.4, 0.5) is 0 Å². The molecule has 2 rings (SSSR count). The molecular formula is C16H23NO2. The zero-order valence-corrected chi connectivity index (χ0v) is 12.1. The minimum Gasteiger partial charge on any atom is -0.496 e.